The number of hydrogen-bond acceptors (Lipinski definition) is 8. The molecule has 1 fully saturated rings. The minimum atomic E-state index is -3.98. The van der Waals surface area contributed by atoms with Crippen molar-refractivity contribution in [3.05, 3.63) is 53.6 Å². The number of benzene rings is 2. The summed E-state index contributed by atoms with van der Waals surface area (Å²) < 4.78 is 45.9. The van der Waals surface area contributed by atoms with Crippen LogP contribution in [0.4, 0.5) is 0 Å². The van der Waals surface area contributed by atoms with Crippen LogP contribution in [-0.4, -0.2) is 112 Å². The highest BCUT2D eigenvalue weighted by molar-refractivity contribution is 7.89. The lowest BCUT2D eigenvalue weighted by Gasteiger charge is -2.38. The molecule has 10 nitrogen and oxygen atoms in total. The van der Waals surface area contributed by atoms with Crippen molar-refractivity contribution in [1.29, 1.82) is 0 Å². The molecule has 0 bridgehead atoms. The van der Waals surface area contributed by atoms with E-state index in [0.29, 0.717) is 37.6 Å². The van der Waals surface area contributed by atoms with Crippen molar-refractivity contribution in [2.24, 2.45) is 5.92 Å². The zero-order chi connectivity index (χ0) is 29.6. The number of hydrogen-bond donors (Lipinski definition) is 1. The Balaban J connectivity index is 1.65. The van der Waals surface area contributed by atoms with Crippen LogP contribution in [0.25, 0.3) is 0 Å². The third-order valence-electron chi connectivity index (χ3n) is 7.43. The number of nitrogens with zero attached hydrogens (tertiary/aromatic N) is 3. The summed E-state index contributed by atoms with van der Waals surface area (Å²) in [5.41, 5.74) is 1.33. The van der Waals surface area contributed by atoms with Crippen LogP contribution in [0, 0.1) is 17.8 Å². The number of sulfonamides is 1. The van der Waals surface area contributed by atoms with Crippen LogP contribution in [0.2, 0.25) is 0 Å². The number of likely N-dealkylation sites (N-methyl/N-ethyl adjacent to an activating group) is 1. The molecular formula is C30H39N3O7S. The summed E-state index contributed by atoms with van der Waals surface area (Å²) in [5, 5.41) is 9.88. The molecule has 2 aromatic rings. The average Bonchev–Trinajstić information content (AvgIpc) is 2.97. The molecule has 0 aliphatic carbocycles. The van der Waals surface area contributed by atoms with Gasteiger partial charge in [-0.25, -0.2) is 8.42 Å². The van der Waals surface area contributed by atoms with E-state index in [-0.39, 0.29) is 48.7 Å². The van der Waals surface area contributed by atoms with E-state index in [2.05, 4.69) is 16.7 Å². The number of amides is 1. The van der Waals surface area contributed by atoms with E-state index < -0.39 is 22.2 Å². The standard InChI is InChI=1S/C30H39N3O7S/c1-22-18-33(23(2)21-34)41(36,37)29-11-10-25(9-8-24-6-5-7-26(16-24)38-4)17-27(29)40-28(22)19-31(3)30(35)20-32-12-14-39-15-13-32/h5-7,10-11,16-17,22-23,28,34H,12-15,18-21H2,1-4H3/t22-,23+,28-/m0/s1. The summed E-state index contributed by atoms with van der Waals surface area (Å²) in [5.74, 6) is 6.71. The van der Waals surface area contributed by atoms with Crippen LogP contribution >= 0.6 is 0 Å². The van der Waals surface area contributed by atoms with Crippen molar-refractivity contribution < 1.29 is 32.5 Å². The van der Waals surface area contributed by atoms with Crippen LogP contribution in [0.1, 0.15) is 25.0 Å². The number of rotatable bonds is 7. The Labute approximate surface area is 242 Å². The highest BCUT2D eigenvalue weighted by atomic mass is 32.2. The normalized spacial score (nSPS) is 21.7. The van der Waals surface area contributed by atoms with Gasteiger partial charge >= 0.3 is 0 Å². The predicted molar refractivity (Wildman–Crippen MR) is 154 cm³/mol. The maximum absolute atomic E-state index is 13.7. The van der Waals surface area contributed by atoms with Gasteiger partial charge in [-0.3, -0.25) is 9.69 Å². The van der Waals surface area contributed by atoms with Crippen molar-refractivity contribution in [1.82, 2.24) is 14.1 Å². The first kappa shape index (κ1) is 30.8. The number of aliphatic hydroxyl groups excluding tert-OH is 1. The quantitative estimate of drug-likeness (QED) is 0.489. The Kier molecular flexibility index (Phi) is 10.3. The molecule has 0 saturated carbocycles. The Bertz CT molecular complexity index is 1380. The molecule has 2 aliphatic heterocycles. The summed E-state index contributed by atoms with van der Waals surface area (Å²) in [6.07, 6.45) is -0.502. The fourth-order valence-electron chi connectivity index (χ4n) is 4.81. The fourth-order valence-corrected chi connectivity index (χ4v) is 6.64. The smallest absolute Gasteiger partial charge is 0.247 e. The molecule has 0 radical (unpaired) electrons. The van der Waals surface area contributed by atoms with E-state index in [1.165, 1.54) is 10.4 Å². The molecule has 1 saturated heterocycles. The first-order valence-corrected chi connectivity index (χ1v) is 15.2. The van der Waals surface area contributed by atoms with Crippen molar-refractivity contribution in [2.75, 3.05) is 66.7 Å². The van der Waals surface area contributed by atoms with Crippen LogP contribution in [0.15, 0.2) is 47.4 Å². The number of carbonyl (C=O) groups excluding carboxylic acids is 1. The second-order valence-electron chi connectivity index (χ2n) is 10.5. The van der Waals surface area contributed by atoms with E-state index in [1.54, 1.807) is 38.1 Å². The van der Waals surface area contributed by atoms with Crippen molar-refractivity contribution >= 4 is 15.9 Å². The summed E-state index contributed by atoms with van der Waals surface area (Å²) in [6.45, 7) is 6.55. The molecule has 222 valence electrons. The van der Waals surface area contributed by atoms with Gasteiger partial charge in [-0.2, -0.15) is 4.31 Å². The second kappa shape index (κ2) is 13.7. The molecule has 1 amide bonds. The van der Waals surface area contributed by atoms with Crippen LogP contribution in [0.3, 0.4) is 0 Å². The van der Waals surface area contributed by atoms with Gasteiger partial charge in [0.2, 0.25) is 15.9 Å². The lowest BCUT2D eigenvalue weighted by Crippen LogP contribution is -2.51. The van der Waals surface area contributed by atoms with Crippen molar-refractivity contribution in [3.63, 3.8) is 0 Å². The maximum atomic E-state index is 13.7. The number of methoxy groups -OCH3 is 1. The molecule has 3 atom stereocenters. The number of morpholine rings is 1. The first-order valence-electron chi connectivity index (χ1n) is 13.8. The summed E-state index contributed by atoms with van der Waals surface area (Å²) in [7, 11) is -0.658. The van der Waals surface area contributed by atoms with Gasteiger partial charge in [-0.1, -0.05) is 24.8 Å². The topological polar surface area (TPSA) is 109 Å². The first-order chi connectivity index (χ1) is 19.6. The molecule has 0 unspecified atom stereocenters. The van der Waals surface area contributed by atoms with Gasteiger partial charge in [0.15, 0.2) is 0 Å². The monoisotopic (exact) mass is 585 g/mol. The van der Waals surface area contributed by atoms with Gasteiger partial charge < -0.3 is 24.2 Å². The molecule has 4 rings (SSSR count). The highest BCUT2D eigenvalue weighted by Gasteiger charge is 2.38. The molecule has 11 heteroatoms. The summed E-state index contributed by atoms with van der Waals surface area (Å²) in [6, 6.07) is 11.5. The molecule has 2 aliphatic rings. The van der Waals surface area contributed by atoms with Gasteiger partial charge in [-0.05, 0) is 43.3 Å². The Morgan fingerprint density at radius 3 is 2.56 bits per heavy atom. The van der Waals surface area contributed by atoms with Crippen LogP contribution in [0.5, 0.6) is 11.5 Å². The second-order valence-corrected chi connectivity index (χ2v) is 12.4. The SMILES string of the molecule is COc1cccc(C#Cc2ccc3c(c2)O[C@@H](CN(C)C(=O)CN2CCOCC2)[C@@H](C)CN([C@H](C)CO)S3(=O)=O)c1. The Morgan fingerprint density at radius 2 is 1.88 bits per heavy atom. The zero-order valence-electron chi connectivity index (χ0n) is 24.1. The third kappa shape index (κ3) is 7.58. The van der Waals surface area contributed by atoms with E-state index in [0.717, 1.165) is 5.56 Å². The van der Waals surface area contributed by atoms with E-state index in [1.807, 2.05) is 31.2 Å². The van der Waals surface area contributed by atoms with Gasteiger partial charge in [0.25, 0.3) is 0 Å². The molecule has 0 spiro atoms. The molecule has 2 aromatic carbocycles. The van der Waals surface area contributed by atoms with Crippen molar-refractivity contribution in [3.8, 4) is 23.3 Å². The Hall–Kier alpha value is -3.14. The third-order valence-corrected chi connectivity index (χ3v) is 9.45. The highest BCUT2D eigenvalue weighted by Crippen LogP contribution is 2.34. The number of ether oxygens (including phenoxy) is 3. The molecule has 0 aromatic heterocycles. The van der Waals surface area contributed by atoms with Crippen LogP contribution in [-0.2, 0) is 19.6 Å². The lowest BCUT2D eigenvalue weighted by atomic mass is 10.0. The number of aliphatic hydroxyl groups is 1. The van der Waals surface area contributed by atoms with E-state index in [4.69, 9.17) is 14.2 Å². The summed E-state index contributed by atoms with van der Waals surface area (Å²) in [4.78, 5) is 16.8. The number of carbonyl (C=O) groups is 1. The minimum Gasteiger partial charge on any atom is -0.497 e. The van der Waals surface area contributed by atoms with E-state index >= 15 is 0 Å². The Morgan fingerprint density at radius 1 is 1.17 bits per heavy atom. The average molecular weight is 586 g/mol. The van der Waals surface area contributed by atoms with Gasteiger partial charge in [0.05, 0.1) is 40.0 Å². The fraction of sp³-hybridized carbons (Fsp3) is 0.500. The van der Waals surface area contributed by atoms with Gasteiger partial charge in [0.1, 0.15) is 22.5 Å². The number of fused-ring (bicyclic) bond motifs is 1. The molecule has 41 heavy (non-hydrogen) atoms. The lowest BCUT2D eigenvalue weighted by molar-refractivity contribution is -0.133. The molecule has 1 N–H and O–H groups in total. The predicted octanol–water partition coefficient (Wildman–Crippen LogP) is 1.65. The van der Waals surface area contributed by atoms with Gasteiger partial charge in [-0.15, -0.1) is 0 Å². The van der Waals surface area contributed by atoms with Crippen LogP contribution < -0.4 is 9.47 Å². The largest absolute Gasteiger partial charge is 0.497 e. The van der Waals surface area contributed by atoms with Gasteiger partial charge in [0, 0.05) is 49.8 Å². The minimum absolute atomic E-state index is 0.00364. The zero-order valence-corrected chi connectivity index (χ0v) is 24.9. The van der Waals surface area contributed by atoms with E-state index in [9.17, 15) is 18.3 Å². The van der Waals surface area contributed by atoms with Crippen molar-refractivity contribution in [2.45, 2.75) is 30.9 Å². The summed E-state index contributed by atoms with van der Waals surface area (Å²) >= 11 is 0. The molecule has 2 heterocycles. The maximum Gasteiger partial charge on any atom is 0.247 e. The molecular weight excluding hydrogens is 546 g/mol.